The molecule has 35 heavy (non-hydrogen) atoms. The van der Waals surface area contributed by atoms with Crippen molar-refractivity contribution in [2.24, 2.45) is 5.41 Å². The average Bonchev–Trinajstić information content (AvgIpc) is 3.23. The molecule has 2 aliphatic heterocycles. The van der Waals surface area contributed by atoms with Crippen molar-refractivity contribution in [2.75, 3.05) is 18.0 Å². The summed E-state index contributed by atoms with van der Waals surface area (Å²) in [6, 6.07) is 15.3. The highest BCUT2D eigenvalue weighted by atomic mass is 16.4. The monoisotopic (exact) mass is 472 g/mol. The molecule has 3 aromatic rings. The maximum atomic E-state index is 12.1. The highest BCUT2D eigenvalue weighted by molar-refractivity contribution is 5.94. The molecule has 1 aromatic heterocycles. The van der Waals surface area contributed by atoms with Crippen LogP contribution in [0.4, 0.5) is 10.5 Å². The first kappa shape index (κ1) is 22.6. The lowest BCUT2D eigenvalue weighted by molar-refractivity contribution is 0.0842. The van der Waals surface area contributed by atoms with Crippen LogP contribution < -0.4 is 10.2 Å². The zero-order valence-electron chi connectivity index (χ0n) is 20.8. The summed E-state index contributed by atoms with van der Waals surface area (Å²) in [5.74, 6) is 1.44. The standard InChI is InChI=1S/C29H36N4O2/c1-19(16-21-6-4-3-5-7-21)27-31-26-23-9-8-20(2)32(28(34)35)24(23)10-11-25(26)33(27)22-12-14-29(15-13-22)17-30-18-29/h3-7,10-11,19-20,22,30H,8-9,12-18H2,1-2H3,(H,34,35)/t19?,20-/m0/s1. The van der Waals surface area contributed by atoms with Crippen molar-refractivity contribution in [3.63, 3.8) is 0 Å². The highest BCUT2D eigenvalue weighted by Gasteiger charge is 2.41. The van der Waals surface area contributed by atoms with Gasteiger partial charge in [-0.15, -0.1) is 0 Å². The predicted octanol–water partition coefficient (Wildman–Crippen LogP) is 5.91. The van der Waals surface area contributed by atoms with Crippen molar-refractivity contribution in [1.82, 2.24) is 14.9 Å². The number of aromatic nitrogens is 2. The summed E-state index contributed by atoms with van der Waals surface area (Å²) >= 11 is 0. The normalized spacial score (nSPS) is 22.7. The molecular weight excluding hydrogens is 436 g/mol. The molecule has 1 spiro atoms. The fourth-order valence-corrected chi connectivity index (χ4v) is 6.80. The van der Waals surface area contributed by atoms with Crippen molar-refractivity contribution < 1.29 is 9.90 Å². The Balaban J connectivity index is 1.44. The third-order valence-corrected chi connectivity index (χ3v) is 8.89. The molecule has 2 fully saturated rings. The van der Waals surface area contributed by atoms with Gasteiger partial charge in [-0.05, 0) is 75.0 Å². The SMILES string of the molecule is CC(Cc1ccccc1)c1nc2c3c(ccc2n1C1CCC2(CC1)CNC2)N(C(=O)O)[C@@H](C)CC3. The number of hydrogen-bond acceptors (Lipinski definition) is 3. The Labute approximate surface area is 207 Å². The van der Waals surface area contributed by atoms with Crippen LogP contribution in [0.3, 0.4) is 0 Å². The number of fused-ring (bicyclic) bond motifs is 3. The van der Waals surface area contributed by atoms with Gasteiger partial charge in [-0.1, -0.05) is 37.3 Å². The van der Waals surface area contributed by atoms with Crippen LogP contribution in [0.2, 0.25) is 0 Å². The van der Waals surface area contributed by atoms with Gasteiger partial charge in [0.05, 0.1) is 16.7 Å². The lowest BCUT2D eigenvalue weighted by atomic mass is 9.68. The molecule has 6 rings (SSSR count). The Kier molecular flexibility index (Phi) is 5.59. The van der Waals surface area contributed by atoms with Crippen LogP contribution in [0, 0.1) is 5.41 Å². The first-order valence-corrected chi connectivity index (χ1v) is 13.3. The maximum Gasteiger partial charge on any atom is 0.412 e. The predicted molar refractivity (Wildman–Crippen MR) is 139 cm³/mol. The smallest absolute Gasteiger partial charge is 0.412 e. The molecule has 3 aliphatic rings. The quantitative estimate of drug-likeness (QED) is 0.495. The van der Waals surface area contributed by atoms with E-state index in [9.17, 15) is 9.90 Å². The van der Waals surface area contributed by atoms with E-state index in [2.05, 4.69) is 53.2 Å². The molecule has 3 heterocycles. The van der Waals surface area contributed by atoms with Gasteiger partial charge in [-0.2, -0.15) is 0 Å². The van der Waals surface area contributed by atoms with Crippen LogP contribution in [-0.2, 0) is 12.8 Å². The summed E-state index contributed by atoms with van der Waals surface area (Å²) < 4.78 is 2.55. The number of imidazole rings is 1. The van der Waals surface area contributed by atoms with E-state index in [1.165, 1.54) is 49.9 Å². The molecule has 6 nitrogen and oxygen atoms in total. The minimum atomic E-state index is -0.874. The van der Waals surface area contributed by atoms with Crippen LogP contribution in [0.15, 0.2) is 42.5 Å². The van der Waals surface area contributed by atoms with Crippen LogP contribution in [0.5, 0.6) is 0 Å². The van der Waals surface area contributed by atoms with E-state index in [4.69, 9.17) is 4.98 Å². The van der Waals surface area contributed by atoms with Gasteiger partial charge in [0.1, 0.15) is 5.82 Å². The minimum Gasteiger partial charge on any atom is -0.465 e. The van der Waals surface area contributed by atoms with Crippen molar-refractivity contribution in [2.45, 2.75) is 76.8 Å². The Hall–Kier alpha value is -2.86. The summed E-state index contributed by atoms with van der Waals surface area (Å²) in [7, 11) is 0. The van der Waals surface area contributed by atoms with Crippen LogP contribution in [0.25, 0.3) is 11.0 Å². The van der Waals surface area contributed by atoms with E-state index in [-0.39, 0.29) is 12.0 Å². The average molecular weight is 473 g/mol. The number of amides is 1. The number of benzene rings is 2. The molecule has 2 atom stereocenters. The molecule has 1 saturated heterocycles. The number of rotatable bonds is 4. The fourth-order valence-electron chi connectivity index (χ4n) is 6.80. The number of nitrogens with zero attached hydrogens (tertiary/aromatic N) is 3. The number of carboxylic acid groups (broad SMARTS) is 1. The van der Waals surface area contributed by atoms with Crippen molar-refractivity contribution in [3.8, 4) is 0 Å². The van der Waals surface area contributed by atoms with Crippen molar-refractivity contribution >= 4 is 22.8 Å². The van der Waals surface area contributed by atoms with Crippen molar-refractivity contribution in [3.05, 3.63) is 59.4 Å². The van der Waals surface area contributed by atoms with Gasteiger partial charge in [0.25, 0.3) is 0 Å². The molecule has 2 aromatic carbocycles. The summed E-state index contributed by atoms with van der Waals surface area (Å²) in [6.07, 6.45) is 6.70. The molecule has 2 N–H and O–H groups in total. The first-order chi connectivity index (χ1) is 17.0. The van der Waals surface area contributed by atoms with Gasteiger partial charge in [0, 0.05) is 36.7 Å². The fraction of sp³-hybridized carbons (Fsp3) is 0.517. The number of anilines is 1. The van der Waals surface area contributed by atoms with Crippen LogP contribution >= 0.6 is 0 Å². The summed E-state index contributed by atoms with van der Waals surface area (Å²) in [5.41, 5.74) is 5.96. The molecule has 0 bridgehead atoms. The number of nitrogens with one attached hydrogen (secondary N) is 1. The second-order valence-corrected chi connectivity index (χ2v) is 11.2. The Morgan fingerprint density at radius 2 is 1.89 bits per heavy atom. The highest BCUT2D eigenvalue weighted by Crippen LogP contribution is 2.46. The van der Waals surface area contributed by atoms with Crippen LogP contribution in [0.1, 0.15) is 74.9 Å². The van der Waals surface area contributed by atoms with Gasteiger partial charge in [-0.3, -0.25) is 4.90 Å². The third kappa shape index (κ3) is 3.83. The number of carbonyl (C=O) groups is 1. The van der Waals surface area contributed by atoms with Gasteiger partial charge in [-0.25, -0.2) is 9.78 Å². The zero-order chi connectivity index (χ0) is 24.2. The summed E-state index contributed by atoms with van der Waals surface area (Å²) in [5, 5.41) is 13.4. The van der Waals surface area contributed by atoms with Gasteiger partial charge >= 0.3 is 6.09 Å². The van der Waals surface area contributed by atoms with E-state index in [1.54, 1.807) is 4.90 Å². The molecule has 1 aliphatic carbocycles. The van der Waals surface area contributed by atoms with Gasteiger partial charge < -0.3 is 15.0 Å². The van der Waals surface area contributed by atoms with E-state index >= 15 is 0 Å². The van der Waals surface area contributed by atoms with Crippen molar-refractivity contribution in [1.29, 1.82) is 0 Å². The molecule has 184 valence electrons. The Morgan fingerprint density at radius 1 is 1.14 bits per heavy atom. The molecule has 0 radical (unpaired) electrons. The van der Waals surface area contributed by atoms with E-state index in [0.29, 0.717) is 11.5 Å². The largest absolute Gasteiger partial charge is 0.465 e. The van der Waals surface area contributed by atoms with Crippen LogP contribution in [-0.4, -0.2) is 39.9 Å². The maximum absolute atomic E-state index is 12.1. The number of hydrogen-bond donors (Lipinski definition) is 2. The van der Waals surface area contributed by atoms with E-state index in [0.717, 1.165) is 41.9 Å². The molecular formula is C29H36N4O2. The number of aryl methyl sites for hydroxylation is 1. The topological polar surface area (TPSA) is 70.4 Å². The second kappa shape index (κ2) is 8.66. The molecule has 1 amide bonds. The van der Waals surface area contributed by atoms with Gasteiger partial charge in [0.15, 0.2) is 0 Å². The molecule has 1 saturated carbocycles. The lowest BCUT2D eigenvalue weighted by Crippen LogP contribution is -2.54. The van der Waals surface area contributed by atoms with Gasteiger partial charge in [0.2, 0.25) is 0 Å². The third-order valence-electron chi connectivity index (χ3n) is 8.89. The van der Waals surface area contributed by atoms with E-state index in [1.807, 2.05) is 13.0 Å². The Bertz CT molecular complexity index is 1240. The Morgan fingerprint density at radius 3 is 2.54 bits per heavy atom. The molecule has 1 unspecified atom stereocenters. The lowest BCUT2D eigenvalue weighted by Gasteiger charge is -2.48. The van der Waals surface area contributed by atoms with E-state index < -0.39 is 6.09 Å². The second-order valence-electron chi connectivity index (χ2n) is 11.2. The summed E-state index contributed by atoms with van der Waals surface area (Å²) in [6.45, 7) is 6.63. The zero-order valence-corrected chi connectivity index (χ0v) is 20.8. The minimum absolute atomic E-state index is 0.0124. The first-order valence-electron chi connectivity index (χ1n) is 13.3. The summed E-state index contributed by atoms with van der Waals surface area (Å²) in [4.78, 5) is 18.9. The molecule has 6 heteroatoms.